The van der Waals surface area contributed by atoms with Gasteiger partial charge < -0.3 is 15.4 Å². The van der Waals surface area contributed by atoms with Gasteiger partial charge in [-0.05, 0) is 25.5 Å². The molecule has 0 saturated heterocycles. The highest BCUT2D eigenvalue weighted by atomic mass is 16.5. The number of carbonyl (C=O) groups excluding carboxylic acids is 1. The Labute approximate surface area is 102 Å². The maximum absolute atomic E-state index is 11.7. The lowest BCUT2D eigenvalue weighted by atomic mass is 10.2. The fraction of sp³-hybridized carbons (Fsp3) is 0.500. The average molecular weight is 237 g/mol. The minimum Gasteiger partial charge on any atom is -0.382 e. The maximum atomic E-state index is 11.7. The molecule has 0 aliphatic heterocycles. The van der Waals surface area contributed by atoms with Crippen molar-refractivity contribution in [1.29, 1.82) is 0 Å². The summed E-state index contributed by atoms with van der Waals surface area (Å²) in [5.41, 5.74) is 0.612. The first kappa shape index (κ1) is 13.4. The standard InChI is InChI=1S/C12H19N3O2/c1-3-17-8-4-6-15-12(16)10-5-7-14-11(9-10)13-2/h5,7,9H,3-4,6,8H2,1-2H3,(H,13,14)(H,15,16). The average Bonchev–Trinajstić information content (AvgIpc) is 2.38. The molecule has 5 heteroatoms. The van der Waals surface area contributed by atoms with E-state index in [9.17, 15) is 4.79 Å². The molecule has 2 N–H and O–H groups in total. The molecule has 1 aromatic heterocycles. The number of pyridine rings is 1. The molecule has 0 radical (unpaired) electrons. The van der Waals surface area contributed by atoms with Crippen LogP contribution in [0, 0.1) is 0 Å². The van der Waals surface area contributed by atoms with Gasteiger partial charge >= 0.3 is 0 Å². The van der Waals surface area contributed by atoms with Crippen molar-refractivity contribution in [2.75, 3.05) is 32.1 Å². The molecular weight excluding hydrogens is 218 g/mol. The van der Waals surface area contributed by atoms with Gasteiger partial charge in [-0.2, -0.15) is 0 Å². The summed E-state index contributed by atoms with van der Waals surface area (Å²) in [6, 6.07) is 3.41. The normalized spacial score (nSPS) is 10.0. The molecule has 0 aliphatic rings. The molecule has 94 valence electrons. The zero-order valence-electron chi connectivity index (χ0n) is 10.3. The molecule has 0 aliphatic carbocycles. The number of rotatable bonds is 7. The van der Waals surface area contributed by atoms with Gasteiger partial charge in [0.15, 0.2) is 0 Å². The van der Waals surface area contributed by atoms with Crippen LogP contribution < -0.4 is 10.6 Å². The van der Waals surface area contributed by atoms with Gasteiger partial charge in [-0.25, -0.2) is 4.98 Å². The first-order chi connectivity index (χ1) is 8.27. The molecule has 5 nitrogen and oxygen atoms in total. The van der Waals surface area contributed by atoms with E-state index in [1.54, 1.807) is 25.4 Å². The number of hydrogen-bond donors (Lipinski definition) is 2. The Morgan fingerprint density at radius 2 is 2.35 bits per heavy atom. The zero-order valence-corrected chi connectivity index (χ0v) is 10.3. The first-order valence-corrected chi connectivity index (χ1v) is 5.77. The number of amides is 1. The number of anilines is 1. The van der Waals surface area contributed by atoms with Crippen molar-refractivity contribution in [2.24, 2.45) is 0 Å². The summed E-state index contributed by atoms with van der Waals surface area (Å²) < 4.78 is 5.19. The van der Waals surface area contributed by atoms with E-state index in [1.165, 1.54) is 0 Å². The van der Waals surface area contributed by atoms with E-state index in [0.29, 0.717) is 31.1 Å². The van der Waals surface area contributed by atoms with E-state index in [2.05, 4.69) is 15.6 Å². The van der Waals surface area contributed by atoms with E-state index in [4.69, 9.17) is 4.74 Å². The number of carbonyl (C=O) groups is 1. The molecule has 0 fully saturated rings. The van der Waals surface area contributed by atoms with Gasteiger partial charge in [0.2, 0.25) is 0 Å². The maximum Gasteiger partial charge on any atom is 0.251 e. The van der Waals surface area contributed by atoms with Crippen LogP contribution >= 0.6 is 0 Å². The third-order valence-corrected chi connectivity index (χ3v) is 2.23. The molecule has 0 atom stereocenters. The highest BCUT2D eigenvalue weighted by molar-refractivity contribution is 5.94. The number of aromatic nitrogens is 1. The molecule has 0 unspecified atom stereocenters. The minimum absolute atomic E-state index is 0.0830. The molecule has 0 saturated carbocycles. The van der Waals surface area contributed by atoms with Gasteiger partial charge in [0.25, 0.3) is 5.91 Å². The van der Waals surface area contributed by atoms with Gasteiger partial charge in [0.1, 0.15) is 5.82 Å². The number of nitrogens with one attached hydrogen (secondary N) is 2. The van der Waals surface area contributed by atoms with Crippen LogP contribution in [-0.4, -0.2) is 37.7 Å². The van der Waals surface area contributed by atoms with E-state index >= 15 is 0 Å². The van der Waals surface area contributed by atoms with Crippen LogP contribution in [0.3, 0.4) is 0 Å². The summed E-state index contributed by atoms with van der Waals surface area (Å²) in [5.74, 6) is 0.604. The van der Waals surface area contributed by atoms with Crippen molar-refractivity contribution >= 4 is 11.7 Å². The molecule has 0 aromatic carbocycles. The van der Waals surface area contributed by atoms with Gasteiger partial charge in [-0.15, -0.1) is 0 Å². The van der Waals surface area contributed by atoms with Crippen LogP contribution in [0.5, 0.6) is 0 Å². The Balaban J connectivity index is 2.36. The van der Waals surface area contributed by atoms with Crippen LogP contribution in [0.25, 0.3) is 0 Å². The van der Waals surface area contributed by atoms with E-state index < -0.39 is 0 Å². The van der Waals surface area contributed by atoms with E-state index in [-0.39, 0.29) is 5.91 Å². The summed E-state index contributed by atoms with van der Waals surface area (Å²) in [7, 11) is 1.77. The molecule has 1 amide bonds. The Hall–Kier alpha value is -1.62. The van der Waals surface area contributed by atoms with E-state index in [1.807, 2.05) is 6.92 Å². The number of nitrogens with zero attached hydrogens (tertiary/aromatic N) is 1. The molecule has 1 aromatic rings. The third-order valence-electron chi connectivity index (χ3n) is 2.23. The van der Waals surface area contributed by atoms with Gasteiger partial charge in [0, 0.05) is 38.6 Å². The number of hydrogen-bond acceptors (Lipinski definition) is 4. The molecule has 0 spiro atoms. The van der Waals surface area contributed by atoms with Crippen molar-refractivity contribution in [1.82, 2.24) is 10.3 Å². The monoisotopic (exact) mass is 237 g/mol. The predicted molar refractivity (Wildman–Crippen MR) is 67.2 cm³/mol. The van der Waals surface area contributed by atoms with Gasteiger partial charge in [-0.3, -0.25) is 4.79 Å². The van der Waals surface area contributed by atoms with Gasteiger partial charge in [0.05, 0.1) is 0 Å². The highest BCUT2D eigenvalue weighted by Gasteiger charge is 2.05. The fourth-order valence-electron chi connectivity index (χ4n) is 1.33. The fourth-order valence-corrected chi connectivity index (χ4v) is 1.33. The van der Waals surface area contributed by atoms with Crippen molar-refractivity contribution in [3.63, 3.8) is 0 Å². The van der Waals surface area contributed by atoms with Crippen LogP contribution in [0.15, 0.2) is 18.3 Å². The summed E-state index contributed by atoms with van der Waals surface area (Å²) in [6.07, 6.45) is 2.44. The van der Waals surface area contributed by atoms with Crippen molar-refractivity contribution < 1.29 is 9.53 Å². The van der Waals surface area contributed by atoms with Crippen LogP contribution in [0.4, 0.5) is 5.82 Å². The minimum atomic E-state index is -0.0830. The van der Waals surface area contributed by atoms with Crippen LogP contribution in [0.1, 0.15) is 23.7 Å². The second-order valence-corrected chi connectivity index (χ2v) is 3.49. The Morgan fingerprint density at radius 1 is 1.53 bits per heavy atom. The number of ether oxygens (including phenoxy) is 1. The quantitative estimate of drug-likeness (QED) is 0.701. The lowest BCUT2D eigenvalue weighted by Crippen LogP contribution is -2.25. The van der Waals surface area contributed by atoms with Crippen molar-refractivity contribution in [3.05, 3.63) is 23.9 Å². The van der Waals surface area contributed by atoms with Gasteiger partial charge in [-0.1, -0.05) is 0 Å². The summed E-state index contributed by atoms with van der Waals surface area (Å²) in [4.78, 5) is 15.8. The molecule has 17 heavy (non-hydrogen) atoms. The largest absolute Gasteiger partial charge is 0.382 e. The Morgan fingerprint density at radius 3 is 3.06 bits per heavy atom. The molecule has 1 rings (SSSR count). The third kappa shape index (κ3) is 4.82. The molecule has 0 bridgehead atoms. The summed E-state index contributed by atoms with van der Waals surface area (Å²) in [6.45, 7) is 3.96. The second kappa shape index (κ2) is 7.62. The Kier molecular flexibility index (Phi) is 6.03. The first-order valence-electron chi connectivity index (χ1n) is 5.77. The SMILES string of the molecule is CCOCCCNC(=O)c1ccnc(NC)c1. The van der Waals surface area contributed by atoms with E-state index in [0.717, 1.165) is 6.42 Å². The smallest absolute Gasteiger partial charge is 0.251 e. The lowest BCUT2D eigenvalue weighted by molar-refractivity contribution is 0.0944. The lowest BCUT2D eigenvalue weighted by Gasteiger charge is -2.06. The van der Waals surface area contributed by atoms with Crippen LogP contribution in [0.2, 0.25) is 0 Å². The van der Waals surface area contributed by atoms with Crippen molar-refractivity contribution in [3.8, 4) is 0 Å². The highest BCUT2D eigenvalue weighted by Crippen LogP contribution is 2.05. The molecular formula is C12H19N3O2. The predicted octanol–water partition coefficient (Wildman–Crippen LogP) is 1.28. The summed E-state index contributed by atoms with van der Waals surface area (Å²) >= 11 is 0. The second-order valence-electron chi connectivity index (χ2n) is 3.49. The topological polar surface area (TPSA) is 63.2 Å². The summed E-state index contributed by atoms with van der Waals surface area (Å²) in [5, 5.41) is 5.73. The Bertz CT molecular complexity index is 355. The van der Waals surface area contributed by atoms with Crippen molar-refractivity contribution in [2.45, 2.75) is 13.3 Å². The van der Waals surface area contributed by atoms with Crippen LogP contribution in [-0.2, 0) is 4.74 Å². The zero-order chi connectivity index (χ0) is 12.5. The molecule has 1 heterocycles.